The molecular weight excluding hydrogens is 317 g/mol. The zero-order valence-corrected chi connectivity index (χ0v) is 14.3. The van der Waals surface area contributed by atoms with Crippen LogP contribution in [-0.4, -0.2) is 36.0 Å². The van der Waals surface area contributed by atoms with Crippen LogP contribution in [0.3, 0.4) is 0 Å². The number of halogens is 2. The number of carbonyl (C=O) groups excluding carboxylic acids is 1. The third kappa shape index (κ3) is 5.22. The summed E-state index contributed by atoms with van der Waals surface area (Å²) >= 11 is 1.85. The molecule has 0 fully saturated rings. The van der Waals surface area contributed by atoms with E-state index in [4.69, 9.17) is 5.73 Å². The molecule has 1 amide bonds. The summed E-state index contributed by atoms with van der Waals surface area (Å²) in [5, 5.41) is 5.04. The lowest BCUT2D eigenvalue weighted by molar-refractivity contribution is -0.125. The van der Waals surface area contributed by atoms with Crippen LogP contribution in [0.4, 0.5) is 0 Å². The molecule has 0 spiro atoms. The molecule has 0 bridgehead atoms. The molecule has 116 valence electrons. The average molecular weight is 340 g/mol. The Balaban J connectivity index is 0.00000180. The monoisotopic (exact) mass is 339 g/mol. The first kappa shape index (κ1) is 19.7. The fraction of sp³-hybridized carbons (Fsp3) is 0.615. The van der Waals surface area contributed by atoms with Crippen molar-refractivity contribution in [3.8, 4) is 0 Å². The maximum absolute atomic E-state index is 11.6. The Morgan fingerprint density at radius 1 is 1.50 bits per heavy atom. The molecule has 0 unspecified atom stereocenters. The lowest BCUT2D eigenvalue weighted by Gasteiger charge is -2.27. The van der Waals surface area contributed by atoms with Crippen molar-refractivity contribution >= 4 is 42.1 Å². The van der Waals surface area contributed by atoms with Crippen molar-refractivity contribution in [3.63, 3.8) is 0 Å². The third-order valence-corrected chi connectivity index (χ3v) is 4.21. The Morgan fingerprint density at radius 3 is 2.85 bits per heavy atom. The van der Waals surface area contributed by atoms with Gasteiger partial charge in [-0.2, -0.15) is 0 Å². The first-order valence-electron chi connectivity index (χ1n) is 6.31. The number of thiophene rings is 1. The molecule has 0 radical (unpaired) electrons. The Bertz CT molecular complexity index is 431. The van der Waals surface area contributed by atoms with Gasteiger partial charge in [-0.05, 0) is 37.3 Å². The van der Waals surface area contributed by atoms with Crippen molar-refractivity contribution in [2.24, 2.45) is 5.73 Å². The van der Waals surface area contributed by atoms with Crippen LogP contribution in [-0.2, 0) is 17.8 Å². The quantitative estimate of drug-likeness (QED) is 0.879. The van der Waals surface area contributed by atoms with Gasteiger partial charge in [-0.15, -0.1) is 36.2 Å². The Kier molecular flexibility index (Phi) is 8.06. The minimum Gasteiger partial charge on any atom is -0.353 e. The summed E-state index contributed by atoms with van der Waals surface area (Å²) in [6.45, 7) is 7.08. The van der Waals surface area contributed by atoms with E-state index in [9.17, 15) is 4.79 Å². The van der Waals surface area contributed by atoms with Crippen LogP contribution in [0, 0.1) is 0 Å². The van der Waals surface area contributed by atoms with Gasteiger partial charge >= 0.3 is 0 Å². The number of rotatable bonds is 4. The first-order chi connectivity index (χ1) is 8.47. The summed E-state index contributed by atoms with van der Waals surface area (Å²) in [5.41, 5.74) is 6.38. The van der Waals surface area contributed by atoms with Gasteiger partial charge in [0.15, 0.2) is 0 Å². The summed E-state index contributed by atoms with van der Waals surface area (Å²) in [6.07, 6.45) is 1.13. The number of nitrogens with one attached hydrogen (secondary N) is 1. The van der Waals surface area contributed by atoms with Gasteiger partial charge in [0.25, 0.3) is 0 Å². The summed E-state index contributed by atoms with van der Waals surface area (Å²) in [7, 11) is 0. The SMILES string of the molecule is CC(C)(N)C(=O)NCCN1CCc2sccc2C1.Cl.Cl. The van der Waals surface area contributed by atoms with E-state index in [1.165, 1.54) is 10.4 Å². The molecule has 7 heteroatoms. The number of carbonyl (C=O) groups is 1. The molecule has 0 saturated heterocycles. The molecule has 20 heavy (non-hydrogen) atoms. The summed E-state index contributed by atoms with van der Waals surface area (Å²) < 4.78 is 0. The maximum Gasteiger partial charge on any atom is 0.239 e. The highest BCUT2D eigenvalue weighted by molar-refractivity contribution is 7.10. The van der Waals surface area contributed by atoms with Crippen molar-refractivity contribution in [2.75, 3.05) is 19.6 Å². The second kappa shape index (κ2) is 8.20. The first-order valence-corrected chi connectivity index (χ1v) is 7.19. The van der Waals surface area contributed by atoms with Gasteiger partial charge in [0.05, 0.1) is 5.54 Å². The predicted molar refractivity (Wildman–Crippen MR) is 89.1 cm³/mol. The molecule has 1 aromatic heterocycles. The standard InChI is InChI=1S/C13H21N3OS.2ClH/c1-13(2,14)12(17)15-5-7-16-6-3-11-10(9-16)4-8-18-11;;/h4,8H,3,5-7,9,14H2,1-2H3,(H,15,17);2*1H. The zero-order valence-electron chi connectivity index (χ0n) is 11.8. The molecule has 0 saturated carbocycles. The van der Waals surface area contributed by atoms with Gasteiger partial charge in [0.1, 0.15) is 0 Å². The average Bonchev–Trinajstić information content (AvgIpc) is 2.74. The number of hydrogen-bond donors (Lipinski definition) is 2. The van der Waals surface area contributed by atoms with Crippen LogP contribution in [0.2, 0.25) is 0 Å². The van der Waals surface area contributed by atoms with Gasteiger partial charge in [0.2, 0.25) is 5.91 Å². The minimum absolute atomic E-state index is 0. The van der Waals surface area contributed by atoms with Crippen molar-refractivity contribution in [2.45, 2.75) is 32.4 Å². The van der Waals surface area contributed by atoms with Crippen molar-refractivity contribution in [3.05, 3.63) is 21.9 Å². The Labute approximate surface area is 136 Å². The fourth-order valence-corrected chi connectivity index (χ4v) is 2.94. The normalized spacial score (nSPS) is 14.8. The number of hydrogen-bond acceptors (Lipinski definition) is 4. The van der Waals surface area contributed by atoms with Gasteiger partial charge in [-0.1, -0.05) is 0 Å². The fourth-order valence-electron chi connectivity index (χ4n) is 2.05. The van der Waals surface area contributed by atoms with E-state index >= 15 is 0 Å². The van der Waals surface area contributed by atoms with Crippen LogP contribution in [0.15, 0.2) is 11.4 Å². The van der Waals surface area contributed by atoms with Crippen molar-refractivity contribution < 1.29 is 4.79 Å². The van der Waals surface area contributed by atoms with E-state index < -0.39 is 5.54 Å². The highest BCUT2D eigenvalue weighted by Gasteiger charge is 2.22. The number of fused-ring (bicyclic) bond motifs is 1. The number of amides is 1. The van der Waals surface area contributed by atoms with E-state index in [-0.39, 0.29) is 30.7 Å². The largest absolute Gasteiger partial charge is 0.353 e. The van der Waals surface area contributed by atoms with Crippen molar-refractivity contribution in [1.82, 2.24) is 10.2 Å². The van der Waals surface area contributed by atoms with Crippen molar-refractivity contribution in [1.29, 1.82) is 0 Å². The molecule has 2 heterocycles. The van der Waals surface area contributed by atoms with Gasteiger partial charge < -0.3 is 11.1 Å². The van der Waals surface area contributed by atoms with E-state index in [2.05, 4.69) is 21.7 Å². The van der Waals surface area contributed by atoms with Gasteiger partial charge in [0, 0.05) is 31.1 Å². The summed E-state index contributed by atoms with van der Waals surface area (Å²) in [6, 6.07) is 2.20. The smallest absolute Gasteiger partial charge is 0.239 e. The molecule has 0 aliphatic carbocycles. The van der Waals surface area contributed by atoms with Crippen LogP contribution in [0.1, 0.15) is 24.3 Å². The van der Waals surface area contributed by atoms with E-state index in [1.807, 2.05) is 11.3 Å². The molecule has 1 aromatic rings. The summed E-state index contributed by atoms with van der Waals surface area (Å²) in [5.74, 6) is -0.0873. The molecule has 4 nitrogen and oxygen atoms in total. The molecular formula is C13H23Cl2N3OS. The third-order valence-electron chi connectivity index (χ3n) is 3.19. The predicted octanol–water partition coefficient (Wildman–Crippen LogP) is 1.80. The lowest BCUT2D eigenvalue weighted by atomic mass is 10.1. The maximum atomic E-state index is 11.6. The minimum atomic E-state index is -0.789. The zero-order chi connectivity index (χ0) is 13.2. The highest BCUT2D eigenvalue weighted by Crippen LogP contribution is 2.23. The molecule has 1 aliphatic rings. The lowest BCUT2D eigenvalue weighted by Crippen LogP contribution is -2.50. The number of nitrogens with two attached hydrogens (primary N) is 1. The van der Waals surface area contributed by atoms with Gasteiger partial charge in [-0.25, -0.2) is 0 Å². The van der Waals surface area contributed by atoms with Gasteiger partial charge in [-0.3, -0.25) is 9.69 Å². The van der Waals surface area contributed by atoms with Crippen LogP contribution in [0.5, 0.6) is 0 Å². The van der Waals surface area contributed by atoms with E-state index in [1.54, 1.807) is 13.8 Å². The van der Waals surface area contributed by atoms with Crippen LogP contribution >= 0.6 is 36.2 Å². The topological polar surface area (TPSA) is 58.4 Å². The number of nitrogens with zero attached hydrogens (tertiary/aromatic N) is 1. The second-order valence-electron chi connectivity index (χ2n) is 5.37. The molecule has 0 aromatic carbocycles. The Hall–Kier alpha value is -0.330. The molecule has 2 rings (SSSR count). The molecule has 1 aliphatic heterocycles. The van der Waals surface area contributed by atoms with E-state index in [0.29, 0.717) is 6.54 Å². The second-order valence-corrected chi connectivity index (χ2v) is 6.37. The van der Waals surface area contributed by atoms with Crippen LogP contribution in [0.25, 0.3) is 0 Å². The molecule has 0 atom stereocenters. The van der Waals surface area contributed by atoms with E-state index in [0.717, 1.165) is 26.1 Å². The Morgan fingerprint density at radius 2 is 2.20 bits per heavy atom. The summed E-state index contributed by atoms with van der Waals surface area (Å²) in [4.78, 5) is 15.5. The van der Waals surface area contributed by atoms with Crippen LogP contribution < -0.4 is 11.1 Å². The highest BCUT2D eigenvalue weighted by atomic mass is 35.5. The molecule has 3 N–H and O–H groups in total.